The van der Waals surface area contributed by atoms with E-state index in [-0.39, 0.29) is 17.2 Å². The summed E-state index contributed by atoms with van der Waals surface area (Å²) in [7, 11) is 4.39. The topological polar surface area (TPSA) is 130 Å². The number of methoxy groups -OCH3 is 3. The van der Waals surface area contributed by atoms with Gasteiger partial charge in [0.05, 0.1) is 44.2 Å². The second-order valence-corrected chi connectivity index (χ2v) is 9.73. The van der Waals surface area contributed by atoms with E-state index in [1.807, 2.05) is 0 Å². The number of hydrogen-bond acceptors (Lipinski definition) is 10. The zero-order valence-electron chi connectivity index (χ0n) is 23.6. The lowest BCUT2D eigenvalue weighted by molar-refractivity contribution is -0.384. The van der Waals surface area contributed by atoms with Crippen molar-refractivity contribution in [2.75, 3.05) is 37.9 Å². The molecule has 3 aromatic carbocycles. The van der Waals surface area contributed by atoms with E-state index < -0.39 is 34.8 Å². The molecule has 0 unspecified atom stereocenters. The van der Waals surface area contributed by atoms with Gasteiger partial charge in [0.15, 0.2) is 17.6 Å². The van der Waals surface area contributed by atoms with Crippen LogP contribution in [0.5, 0.6) is 23.0 Å². The number of nitro benzene ring substituents is 1. The summed E-state index contributed by atoms with van der Waals surface area (Å²) in [5, 5.41) is 12.9. The number of amides is 2. The Hall–Kier alpha value is -4.84. The van der Waals surface area contributed by atoms with Gasteiger partial charge in [-0.1, -0.05) is 19.4 Å². The Labute approximate surface area is 242 Å². The van der Waals surface area contributed by atoms with Crippen LogP contribution >= 0.6 is 0 Å². The van der Waals surface area contributed by atoms with Crippen molar-refractivity contribution in [3.8, 4) is 23.0 Å². The first-order chi connectivity index (χ1) is 20.3. The fourth-order valence-corrected chi connectivity index (χ4v) is 5.34. The summed E-state index contributed by atoms with van der Waals surface area (Å²) in [6.07, 6.45) is 0.713. The van der Waals surface area contributed by atoms with Gasteiger partial charge in [0, 0.05) is 17.7 Å². The molecule has 2 aliphatic heterocycles. The average molecular weight is 578 g/mol. The summed E-state index contributed by atoms with van der Waals surface area (Å²) in [6, 6.07) is 15.0. The lowest BCUT2D eigenvalue weighted by atomic mass is 9.89. The van der Waals surface area contributed by atoms with Crippen LogP contribution in [0, 0.1) is 16.0 Å². The van der Waals surface area contributed by atoms with Gasteiger partial charge in [-0.2, -0.15) is 0 Å². The lowest BCUT2D eigenvalue weighted by Crippen LogP contribution is -2.37. The summed E-state index contributed by atoms with van der Waals surface area (Å²) in [6.45, 7) is 2.64. The van der Waals surface area contributed by atoms with Crippen molar-refractivity contribution in [2.45, 2.75) is 31.9 Å². The molecule has 0 radical (unpaired) electrons. The quantitative estimate of drug-likeness (QED) is 0.135. The smallest absolute Gasteiger partial charge is 0.271 e. The fourth-order valence-electron chi connectivity index (χ4n) is 5.34. The van der Waals surface area contributed by atoms with E-state index in [2.05, 4.69) is 6.92 Å². The molecule has 0 bridgehead atoms. The summed E-state index contributed by atoms with van der Waals surface area (Å²) in [5.74, 6) is -0.466. The van der Waals surface area contributed by atoms with Crippen LogP contribution in [0.4, 0.5) is 17.1 Å². The Kier molecular flexibility index (Phi) is 8.16. The first-order valence-corrected chi connectivity index (χ1v) is 13.4. The molecule has 12 heteroatoms. The molecule has 12 nitrogen and oxygen atoms in total. The molecule has 0 spiro atoms. The van der Waals surface area contributed by atoms with Crippen LogP contribution in [0.2, 0.25) is 0 Å². The molecule has 0 aromatic heterocycles. The van der Waals surface area contributed by atoms with Gasteiger partial charge >= 0.3 is 0 Å². The highest BCUT2D eigenvalue weighted by Gasteiger charge is 2.61. The summed E-state index contributed by atoms with van der Waals surface area (Å²) < 4.78 is 22.4. The Bertz CT molecular complexity index is 1490. The number of carbonyl (C=O) groups excluding carboxylic acids is 2. The Morgan fingerprint density at radius 2 is 1.64 bits per heavy atom. The minimum absolute atomic E-state index is 0.174. The normalized spacial score (nSPS) is 19.6. The summed E-state index contributed by atoms with van der Waals surface area (Å²) in [5.41, 5.74) is 0.968. The molecule has 3 aromatic rings. The van der Waals surface area contributed by atoms with Gasteiger partial charge in [-0.25, -0.2) is 9.96 Å². The van der Waals surface area contributed by atoms with Gasteiger partial charge in [-0.05, 0) is 48.9 Å². The first kappa shape index (κ1) is 28.7. The first-order valence-electron chi connectivity index (χ1n) is 13.4. The number of carbonyl (C=O) groups is 2. The molecule has 42 heavy (non-hydrogen) atoms. The van der Waals surface area contributed by atoms with Gasteiger partial charge in [-0.15, -0.1) is 0 Å². The van der Waals surface area contributed by atoms with Crippen LogP contribution in [0.1, 0.15) is 31.4 Å². The Morgan fingerprint density at radius 3 is 2.29 bits per heavy atom. The van der Waals surface area contributed by atoms with E-state index in [4.69, 9.17) is 23.8 Å². The fraction of sp³-hybridized carbons (Fsp3) is 0.333. The van der Waals surface area contributed by atoms with Gasteiger partial charge < -0.3 is 18.9 Å². The van der Waals surface area contributed by atoms with Gasteiger partial charge in [0.1, 0.15) is 17.7 Å². The number of hydrogen-bond donors (Lipinski definition) is 0. The molecule has 2 amide bonds. The van der Waals surface area contributed by atoms with Crippen molar-refractivity contribution in [2.24, 2.45) is 5.92 Å². The molecule has 2 aliphatic rings. The number of unbranched alkanes of at least 4 members (excludes halogenated alkanes) is 1. The number of imide groups is 1. The van der Waals surface area contributed by atoms with Crippen molar-refractivity contribution in [1.29, 1.82) is 0 Å². The van der Waals surface area contributed by atoms with Gasteiger partial charge in [0.25, 0.3) is 11.6 Å². The third kappa shape index (κ3) is 4.94. The Balaban J connectivity index is 1.58. The van der Waals surface area contributed by atoms with Crippen molar-refractivity contribution >= 4 is 28.9 Å². The molecule has 2 heterocycles. The zero-order valence-corrected chi connectivity index (χ0v) is 23.6. The van der Waals surface area contributed by atoms with Crippen LogP contribution in [0.3, 0.4) is 0 Å². The third-order valence-electron chi connectivity index (χ3n) is 7.33. The maximum atomic E-state index is 14.1. The predicted octanol–water partition coefficient (Wildman–Crippen LogP) is 4.85. The average Bonchev–Trinajstić information content (AvgIpc) is 3.52. The highest BCUT2D eigenvalue weighted by atomic mass is 16.7. The van der Waals surface area contributed by atoms with E-state index in [1.54, 1.807) is 42.5 Å². The predicted molar refractivity (Wildman–Crippen MR) is 152 cm³/mol. The van der Waals surface area contributed by atoms with Crippen LogP contribution < -0.4 is 28.9 Å². The van der Waals surface area contributed by atoms with E-state index >= 15 is 0 Å². The van der Waals surface area contributed by atoms with E-state index in [9.17, 15) is 19.7 Å². The number of non-ortho nitro benzene ring substituents is 1. The van der Waals surface area contributed by atoms with Gasteiger partial charge in [0.2, 0.25) is 11.7 Å². The molecule has 5 rings (SSSR count). The van der Waals surface area contributed by atoms with Crippen LogP contribution in [-0.4, -0.2) is 50.8 Å². The minimum Gasteiger partial charge on any atom is -0.494 e. The second kappa shape index (κ2) is 12.0. The number of rotatable bonds is 11. The van der Waals surface area contributed by atoms with E-state index in [1.165, 1.54) is 44.6 Å². The largest absolute Gasteiger partial charge is 0.494 e. The molecule has 2 fully saturated rings. The standard InChI is InChI=1S/C30H31N3O9/c1-5-6-16-41-21-12-10-18(11-13-21)31-29(34)24-25(22-14-15-23(38-2)27(40-4)26(22)39-3)32(42-28(24)30(31)35)19-8-7-9-20(17-19)33(36)37/h7-15,17,24-25,28H,5-6,16H2,1-4H3/t24-,25-,28+/m0/s1. The molecule has 220 valence electrons. The molecular formula is C30H31N3O9. The SMILES string of the molecule is CCCCOc1ccc(N2C(=O)[C@@H]3[C@@H](ON(c4cccc([N+](=O)[O-])c4)[C@H]3c3ccc(OC)c(OC)c3OC)C2=O)cc1. The number of fused-ring (bicyclic) bond motifs is 1. The summed E-state index contributed by atoms with van der Waals surface area (Å²) in [4.78, 5) is 46.1. The number of nitro groups is 1. The molecular weight excluding hydrogens is 546 g/mol. The van der Waals surface area contributed by atoms with Crippen molar-refractivity contribution < 1.29 is 38.3 Å². The monoisotopic (exact) mass is 577 g/mol. The zero-order chi connectivity index (χ0) is 30.0. The number of nitrogens with zero attached hydrogens (tertiary/aromatic N) is 3. The minimum atomic E-state index is -1.19. The lowest BCUT2D eigenvalue weighted by Gasteiger charge is -2.30. The van der Waals surface area contributed by atoms with Gasteiger partial charge in [-0.3, -0.25) is 24.5 Å². The third-order valence-corrected chi connectivity index (χ3v) is 7.33. The molecule has 0 aliphatic carbocycles. The molecule has 2 saturated heterocycles. The highest BCUT2D eigenvalue weighted by molar-refractivity contribution is 6.24. The maximum Gasteiger partial charge on any atom is 0.271 e. The van der Waals surface area contributed by atoms with Crippen molar-refractivity contribution in [3.05, 3.63) is 76.3 Å². The maximum absolute atomic E-state index is 14.1. The van der Waals surface area contributed by atoms with Crippen LogP contribution in [0.15, 0.2) is 60.7 Å². The molecule has 3 atom stereocenters. The molecule has 0 saturated carbocycles. The Morgan fingerprint density at radius 1 is 0.905 bits per heavy atom. The number of benzene rings is 3. The molecule has 0 N–H and O–H groups in total. The van der Waals surface area contributed by atoms with Crippen LogP contribution in [-0.2, 0) is 14.4 Å². The number of anilines is 2. The van der Waals surface area contributed by atoms with E-state index in [0.717, 1.165) is 17.7 Å². The second-order valence-electron chi connectivity index (χ2n) is 9.73. The highest BCUT2D eigenvalue weighted by Crippen LogP contribution is 2.53. The number of hydroxylamine groups is 1. The van der Waals surface area contributed by atoms with Crippen molar-refractivity contribution in [1.82, 2.24) is 0 Å². The van der Waals surface area contributed by atoms with E-state index in [0.29, 0.717) is 35.0 Å². The number of ether oxygens (including phenoxy) is 4. The van der Waals surface area contributed by atoms with Crippen molar-refractivity contribution in [3.63, 3.8) is 0 Å². The van der Waals surface area contributed by atoms with Crippen LogP contribution in [0.25, 0.3) is 0 Å². The summed E-state index contributed by atoms with van der Waals surface area (Å²) >= 11 is 0.